The number of nitrogens with zero attached hydrogens (tertiary/aromatic N) is 1. The van der Waals surface area contributed by atoms with E-state index >= 15 is 0 Å². The van der Waals surface area contributed by atoms with Crippen LogP contribution in [0.3, 0.4) is 0 Å². The van der Waals surface area contributed by atoms with E-state index in [1.54, 1.807) is 10.4 Å². The first-order valence-corrected chi connectivity index (χ1v) is 9.14. The van der Waals surface area contributed by atoms with Crippen molar-refractivity contribution in [2.45, 2.75) is 31.6 Å². The van der Waals surface area contributed by atoms with Gasteiger partial charge in [0.2, 0.25) is 10.0 Å². The Bertz CT molecular complexity index is 621. The highest BCUT2D eigenvalue weighted by Gasteiger charge is 2.32. The van der Waals surface area contributed by atoms with Gasteiger partial charge in [-0.2, -0.15) is 4.31 Å². The lowest BCUT2D eigenvalue weighted by molar-refractivity contribution is 0.270. The van der Waals surface area contributed by atoms with Crippen LogP contribution in [0.25, 0.3) is 0 Å². The van der Waals surface area contributed by atoms with Crippen molar-refractivity contribution in [3.8, 4) is 5.75 Å². The van der Waals surface area contributed by atoms with Crippen LogP contribution >= 0.6 is 0 Å². The number of ether oxygens (including phenoxy) is 1. The van der Waals surface area contributed by atoms with E-state index in [2.05, 4.69) is 5.32 Å². The minimum atomic E-state index is -3.50. The van der Waals surface area contributed by atoms with Crippen LogP contribution < -0.4 is 10.1 Å². The van der Waals surface area contributed by atoms with Crippen molar-refractivity contribution in [3.05, 3.63) is 23.3 Å². The summed E-state index contributed by atoms with van der Waals surface area (Å²) in [6.07, 6.45) is 1.79. The van der Waals surface area contributed by atoms with E-state index in [0.717, 1.165) is 30.5 Å². The van der Waals surface area contributed by atoms with Gasteiger partial charge in [0.05, 0.1) is 7.11 Å². The minimum Gasteiger partial charge on any atom is -0.495 e. The number of benzene rings is 1. The van der Waals surface area contributed by atoms with Gasteiger partial charge in [0.15, 0.2) is 0 Å². The molecule has 1 aromatic rings. The Kier molecular flexibility index (Phi) is 5.47. The normalized spacial score (nSPS) is 17.6. The molecule has 0 unspecified atom stereocenters. The van der Waals surface area contributed by atoms with Crippen LogP contribution in [0.5, 0.6) is 5.75 Å². The average molecular weight is 326 g/mol. The molecule has 0 atom stereocenters. The lowest BCUT2D eigenvalue weighted by Gasteiger charge is -2.31. The van der Waals surface area contributed by atoms with Gasteiger partial charge in [0, 0.05) is 13.1 Å². The number of rotatable bonds is 5. The van der Waals surface area contributed by atoms with Gasteiger partial charge in [-0.05, 0) is 63.4 Å². The van der Waals surface area contributed by atoms with Gasteiger partial charge in [-0.25, -0.2) is 8.42 Å². The molecule has 1 N–H and O–H groups in total. The average Bonchev–Trinajstić information content (AvgIpc) is 2.46. The Labute approximate surface area is 133 Å². The number of methoxy groups -OCH3 is 1. The van der Waals surface area contributed by atoms with Gasteiger partial charge in [-0.3, -0.25) is 0 Å². The summed E-state index contributed by atoms with van der Waals surface area (Å²) in [5.41, 5.74) is 1.75. The molecule has 0 amide bonds. The predicted octanol–water partition coefficient (Wildman–Crippen LogP) is 1.93. The van der Waals surface area contributed by atoms with E-state index in [9.17, 15) is 8.42 Å². The van der Waals surface area contributed by atoms with Gasteiger partial charge in [0.25, 0.3) is 0 Å². The topological polar surface area (TPSA) is 58.6 Å². The fraction of sp³-hybridized carbons (Fsp3) is 0.625. The first-order chi connectivity index (χ1) is 10.4. The largest absolute Gasteiger partial charge is 0.495 e. The number of aryl methyl sites for hydroxylation is 2. The number of piperidine rings is 1. The first-order valence-electron chi connectivity index (χ1n) is 7.70. The summed E-state index contributed by atoms with van der Waals surface area (Å²) in [6.45, 7) is 5.86. The van der Waals surface area contributed by atoms with Crippen molar-refractivity contribution in [2.24, 2.45) is 5.92 Å². The maximum atomic E-state index is 13.0. The smallest absolute Gasteiger partial charge is 0.247 e. The van der Waals surface area contributed by atoms with E-state index in [0.29, 0.717) is 29.7 Å². The summed E-state index contributed by atoms with van der Waals surface area (Å²) in [6, 6.07) is 3.68. The van der Waals surface area contributed by atoms with Gasteiger partial charge < -0.3 is 10.1 Å². The van der Waals surface area contributed by atoms with Crippen molar-refractivity contribution < 1.29 is 13.2 Å². The predicted molar refractivity (Wildman–Crippen MR) is 87.9 cm³/mol. The SMILES string of the molecule is CNCC1CCN(S(=O)(=O)c2c(C)cc(C)cc2OC)CC1. The molecule has 2 rings (SSSR count). The van der Waals surface area contributed by atoms with Crippen LogP contribution in [-0.4, -0.2) is 46.5 Å². The van der Waals surface area contributed by atoms with E-state index in [-0.39, 0.29) is 0 Å². The highest BCUT2D eigenvalue weighted by molar-refractivity contribution is 7.89. The zero-order valence-electron chi connectivity index (χ0n) is 13.8. The minimum absolute atomic E-state index is 0.313. The maximum absolute atomic E-state index is 13.0. The van der Waals surface area contributed by atoms with E-state index in [4.69, 9.17) is 4.74 Å². The number of nitrogens with one attached hydrogen (secondary N) is 1. The van der Waals surface area contributed by atoms with Gasteiger partial charge in [-0.1, -0.05) is 6.07 Å². The van der Waals surface area contributed by atoms with Crippen molar-refractivity contribution in [3.63, 3.8) is 0 Å². The monoisotopic (exact) mass is 326 g/mol. The van der Waals surface area contributed by atoms with Crippen LogP contribution in [-0.2, 0) is 10.0 Å². The lowest BCUT2D eigenvalue weighted by atomic mass is 9.98. The second kappa shape index (κ2) is 6.98. The second-order valence-electron chi connectivity index (χ2n) is 6.02. The van der Waals surface area contributed by atoms with Crippen LogP contribution in [0.2, 0.25) is 0 Å². The summed E-state index contributed by atoms with van der Waals surface area (Å²) in [7, 11) is -0.0483. The van der Waals surface area contributed by atoms with Crippen LogP contribution in [0.4, 0.5) is 0 Å². The van der Waals surface area contributed by atoms with Crippen molar-refractivity contribution in [2.75, 3.05) is 33.8 Å². The quantitative estimate of drug-likeness (QED) is 0.898. The fourth-order valence-electron chi connectivity index (χ4n) is 3.17. The maximum Gasteiger partial charge on any atom is 0.247 e. The third-order valence-corrected chi connectivity index (χ3v) is 6.35. The zero-order chi connectivity index (χ0) is 16.3. The number of hydrogen-bond acceptors (Lipinski definition) is 4. The summed E-state index contributed by atoms with van der Waals surface area (Å²) in [5, 5.41) is 3.17. The van der Waals surface area contributed by atoms with Gasteiger partial charge in [-0.15, -0.1) is 0 Å². The Balaban J connectivity index is 2.29. The first kappa shape index (κ1) is 17.2. The number of sulfonamides is 1. The second-order valence-corrected chi connectivity index (χ2v) is 7.89. The molecule has 1 saturated heterocycles. The lowest BCUT2D eigenvalue weighted by Crippen LogP contribution is -2.40. The van der Waals surface area contributed by atoms with Crippen LogP contribution in [0, 0.1) is 19.8 Å². The summed E-state index contributed by atoms with van der Waals surface area (Å²) >= 11 is 0. The van der Waals surface area contributed by atoms with Gasteiger partial charge >= 0.3 is 0 Å². The molecule has 0 aliphatic carbocycles. The molecule has 0 spiro atoms. The van der Waals surface area contributed by atoms with E-state index in [1.165, 1.54) is 7.11 Å². The highest BCUT2D eigenvalue weighted by atomic mass is 32.2. The Morgan fingerprint density at radius 3 is 2.45 bits per heavy atom. The van der Waals surface area contributed by atoms with E-state index in [1.807, 2.05) is 27.0 Å². The molecule has 1 aromatic carbocycles. The molecule has 0 saturated carbocycles. The molecule has 1 aliphatic rings. The summed E-state index contributed by atoms with van der Waals surface area (Å²) < 4.78 is 32.9. The Morgan fingerprint density at radius 2 is 1.91 bits per heavy atom. The molecule has 0 bridgehead atoms. The van der Waals surface area contributed by atoms with Crippen LogP contribution in [0.1, 0.15) is 24.0 Å². The Hall–Kier alpha value is -1.11. The third kappa shape index (κ3) is 3.45. The molecule has 6 heteroatoms. The molecule has 1 fully saturated rings. The molecule has 22 heavy (non-hydrogen) atoms. The Morgan fingerprint density at radius 1 is 1.27 bits per heavy atom. The zero-order valence-corrected chi connectivity index (χ0v) is 14.7. The molecular weight excluding hydrogens is 300 g/mol. The third-order valence-electron chi connectivity index (χ3n) is 4.27. The molecule has 1 heterocycles. The molecule has 0 radical (unpaired) electrons. The molecule has 5 nitrogen and oxygen atoms in total. The summed E-state index contributed by atoms with van der Waals surface area (Å²) in [5.74, 6) is 0.993. The van der Waals surface area contributed by atoms with Crippen molar-refractivity contribution in [1.82, 2.24) is 9.62 Å². The molecule has 124 valence electrons. The standard InChI is InChI=1S/C16H26N2O3S/c1-12-9-13(2)16(15(10-12)21-4)22(19,20)18-7-5-14(6-8-18)11-17-3/h9-10,14,17H,5-8,11H2,1-4H3. The van der Waals surface area contributed by atoms with Crippen molar-refractivity contribution >= 4 is 10.0 Å². The number of hydrogen-bond donors (Lipinski definition) is 1. The summed E-state index contributed by atoms with van der Waals surface area (Å²) in [4.78, 5) is 0.313. The molecule has 0 aromatic heterocycles. The highest BCUT2D eigenvalue weighted by Crippen LogP contribution is 2.33. The molecule has 1 aliphatic heterocycles. The van der Waals surface area contributed by atoms with Gasteiger partial charge in [0.1, 0.15) is 10.6 Å². The molecular formula is C16H26N2O3S. The van der Waals surface area contributed by atoms with Crippen molar-refractivity contribution in [1.29, 1.82) is 0 Å². The fourth-order valence-corrected chi connectivity index (χ4v) is 4.98. The van der Waals surface area contributed by atoms with E-state index < -0.39 is 10.0 Å². The van der Waals surface area contributed by atoms with Crippen LogP contribution in [0.15, 0.2) is 17.0 Å².